The van der Waals surface area contributed by atoms with Crippen LogP contribution in [0.5, 0.6) is 0 Å². The lowest BCUT2D eigenvalue weighted by Gasteiger charge is -2.13. The van der Waals surface area contributed by atoms with Gasteiger partial charge in [0.05, 0.1) is 22.3 Å². The molecule has 2 aromatic heterocycles. The molecule has 0 fully saturated rings. The third-order valence-electron chi connectivity index (χ3n) is 5.58. The van der Waals surface area contributed by atoms with Crippen LogP contribution >= 0.6 is 15.9 Å². The quantitative estimate of drug-likeness (QED) is 0.386. The molecule has 0 spiro atoms. The van der Waals surface area contributed by atoms with E-state index in [4.69, 9.17) is 0 Å². The number of nitrogens with zero attached hydrogens (tertiary/aromatic N) is 3. The molecule has 5 nitrogen and oxygen atoms in total. The monoisotopic (exact) mass is 459 g/mol. The second-order valence-electron chi connectivity index (χ2n) is 7.32. The van der Waals surface area contributed by atoms with Gasteiger partial charge in [-0.3, -0.25) is 13.9 Å². The first kappa shape index (κ1) is 18.6. The van der Waals surface area contributed by atoms with E-state index in [1.54, 1.807) is 7.05 Å². The standard InChI is InChI=1S/C24H18BrN3O2/c1-26-20-14-28(19-9-5-7-15-6-3-4-8-18(15)19)22(16-10-12-17(25)13-11-16)21(20)23(29)27(2)24(26)30/h3-14H,1-2H3. The average molecular weight is 460 g/mol. The van der Waals surface area contributed by atoms with Crippen molar-refractivity contribution < 1.29 is 0 Å². The molecule has 0 amide bonds. The van der Waals surface area contributed by atoms with Gasteiger partial charge >= 0.3 is 5.69 Å². The van der Waals surface area contributed by atoms with Crippen LogP contribution in [0.25, 0.3) is 38.6 Å². The molecule has 5 aromatic rings. The van der Waals surface area contributed by atoms with E-state index < -0.39 is 0 Å². The molecule has 2 heterocycles. The number of halogens is 1. The van der Waals surface area contributed by atoms with Crippen LogP contribution in [0, 0.1) is 0 Å². The molecule has 0 saturated carbocycles. The van der Waals surface area contributed by atoms with Crippen LogP contribution in [-0.4, -0.2) is 13.7 Å². The molecular weight excluding hydrogens is 442 g/mol. The number of aryl methyl sites for hydroxylation is 1. The van der Waals surface area contributed by atoms with Gasteiger partial charge in [0.15, 0.2) is 0 Å². The topological polar surface area (TPSA) is 48.9 Å². The zero-order valence-corrected chi connectivity index (χ0v) is 18.1. The van der Waals surface area contributed by atoms with Crippen molar-refractivity contribution in [2.75, 3.05) is 0 Å². The molecule has 0 bridgehead atoms. The first-order chi connectivity index (χ1) is 14.5. The molecule has 3 aromatic carbocycles. The van der Waals surface area contributed by atoms with E-state index in [2.05, 4.69) is 34.1 Å². The van der Waals surface area contributed by atoms with Crippen molar-refractivity contribution in [1.29, 1.82) is 0 Å². The fourth-order valence-electron chi connectivity index (χ4n) is 4.04. The molecule has 0 saturated heterocycles. The summed E-state index contributed by atoms with van der Waals surface area (Å²) in [6.07, 6.45) is 1.89. The van der Waals surface area contributed by atoms with Crippen molar-refractivity contribution in [1.82, 2.24) is 13.7 Å². The molecule has 30 heavy (non-hydrogen) atoms. The van der Waals surface area contributed by atoms with Gasteiger partial charge < -0.3 is 4.57 Å². The van der Waals surface area contributed by atoms with Crippen molar-refractivity contribution >= 4 is 37.6 Å². The van der Waals surface area contributed by atoms with E-state index in [0.29, 0.717) is 10.9 Å². The Kier molecular flexibility index (Phi) is 4.25. The SMILES string of the molecule is Cn1c(=O)c2c(-c3ccc(Br)cc3)n(-c3cccc4ccccc34)cc2n(C)c1=O. The van der Waals surface area contributed by atoms with Gasteiger partial charge in [0, 0.05) is 30.2 Å². The van der Waals surface area contributed by atoms with Crippen molar-refractivity contribution in [2.24, 2.45) is 14.1 Å². The molecule has 6 heteroatoms. The first-order valence-electron chi connectivity index (χ1n) is 9.52. The second kappa shape index (κ2) is 6.85. The summed E-state index contributed by atoms with van der Waals surface area (Å²) in [6.45, 7) is 0. The minimum atomic E-state index is -0.343. The predicted octanol–water partition coefficient (Wildman–Crippen LogP) is 4.61. The minimum Gasteiger partial charge on any atom is -0.313 e. The first-order valence-corrected chi connectivity index (χ1v) is 10.3. The Morgan fingerprint density at radius 3 is 2.27 bits per heavy atom. The number of hydrogen-bond acceptors (Lipinski definition) is 2. The normalized spacial score (nSPS) is 11.4. The summed E-state index contributed by atoms with van der Waals surface area (Å²) in [4.78, 5) is 25.8. The Morgan fingerprint density at radius 1 is 0.800 bits per heavy atom. The van der Waals surface area contributed by atoms with Gasteiger partial charge in [-0.05, 0) is 29.1 Å². The maximum Gasteiger partial charge on any atom is 0.330 e. The van der Waals surface area contributed by atoms with Crippen molar-refractivity contribution in [3.63, 3.8) is 0 Å². The molecule has 0 aliphatic rings. The summed E-state index contributed by atoms with van der Waals surface area (Å²) in [7, 11) is 3.22. The van der Waals surface area contributed by atoms with E-state index in [1.165, 1.54) is 11.6 Å². The van der Waals surface area contributed by atoms with Crippen molar-refractivity contribution in [3.8, 4) is 16.9 Å². The Hall–Kier alpha value is -3.38. The fourth-order valence-corrected chi connectivity index (χ4v) is 4.30. The molecule has 0 aliphatic carbocycles. The lowest BCUT2D eigenvalue weighted by molar-refractivity contribution is 0.714. The summed E-state index contributed by atoms with van der Waals surface area (Å²) < 4.78 is 5.68. The third-order valence-corrected chi connectivity index (χ3v) is 6.11. The van der Waals surface area contributed by atoms with E-state index >= 15 is 0 Å². The third kappa shape index (κ3) is 2.68. The molecule has 0 atom stereocenters. The van der Waals surface area contributed by atoms with E-state index in [0.717, 1.165) is 36.8 Å². The highest BCUT2D eigenvalue weighted by Crippen LogP contribution is 2.34. The predicted molar refractivity (Wildman–Crippen MR) is 124 cm³/mol. The van der Waals surface area contributed by atoms with Crippen LogP contribution in [0.4, 0.5) is 0 Å². The zero-order valence-electron chi connectivity index (χ0n) is 16.5. The summed E-state index contributed by atoms with van der Waals surface area (Å²) >= 11 is 3.48. The smallest absolute Gasteiger partial charge is 0.313 e. The van der Waals surface area contributed by atoms with Crippen LogP contribution in [0.3, 0.4) is 0 Å². The Morgan fingerprint density at radius 2 is 1.50 bits per heavy atom. The largest absolute Gasteiger partial charge is 0.330 e. The van der Waals surface area contributed by atoms with Crippen LogP contribution < -0.4 is 11.2 Å². The molecule has 0 unspecified atom stereocenters. The van der Waals surface area contributed by atoms with Crippen LogP contribution in [-0.2, 0) is 14.1 Å². The van der Waals surface area contributed by atoms with Crippen LogP contribution in [0.2, 0.25) is 0 Å². The van der Waals surface area contributed by atoms with E-state index in [-0.39, 0.29) is 11.2 Å². The molecule has 0 aliphatic heterocycles. The Balaban J connectivity index is 2.00. The highest BCUT2D eigenvalue weighted by Gasteiger charge is 2.21. The molecule has 0 radical (unpaired) electrons. The van der Waals surface area contributed by atoms with Gasteiger partial charge in [-0.15, -0.1) is 0 Å². The molecule has 148 valence electrons. The number of hydrogen-bond donors (Lipinski definition) is 0. The van der Waals surface area contributed by atoms with Gasteiger partial charge in [-0.25, -0.2) is 4.79 Å². The van der Waals surface area contributed by atoms with Gasteiger partial charge in [-0.1, -0.05) is 64.5 Å². The fraction of sp³-hybridized carbons (Fsp3) is 0.0833. The lowest BCUT2D eigenvalue weighted by Crippen LogP contribution is -2.36. The van der Waals surface area contributed by atoms with Gasteiger partial charge in [0.25, 0.3) is 5.56 Å². The highest BCUT2D eigenvalue weighted by atomic mass is 79.9. The summed E-state index contributed by atoms with van der Waals surface area (Å²) in [5.41, 5.74) is 2.59. The number of benzene rings is 3. The number of fused-ring (bicyclic) bond motifs is 2. The highest BCUT2D eigenvalue weighted by molar-refractivity contribution is 9.10. The molecule has 5 rings (SSSR count). The average Bonchev–Trinajstić information content (AvgIpc) is 3.17. The summed E-state index contributed by atoms with van der Waals surface area (Å²) in [5, 5.41) is 2.70. The van der Waals surface area contributed by atoms with Gasteiger partial charge in [0.1, 0.15) is 0 Å². The Bertz CT molecular complexity index is 1550. The van der Waals surface area contributed by atoms with Crippen LogP contribution in [0.1, 0.15) is 0 Å². The summed E-state index contributed by atoms with van der Waals surface area (Å²) in [5.74, 6) is 0. The molecular formula is C24H18BrN3O2. The lowest BCUT2D eigenvalue weighted by atomic mass is 10.1. The summed E-state index contributed by atoms with van der Waals surface area (Å²) in [6, 6.07) is 22.1. The minimum absolute atomic E-state index is 0.301. The second-order valence-corrected chi connectivity index (χ2v) is 8.23. The maximum atomic E-state index is 13.2. The van der Waals surface area contributed by atoms with Crippen LogP contribution in [0.15, 0.2) is 87.0 Å². The van der Waals surface area contributed by atoms with Gasteiger partial charge in [-0.2, -0.15) is 0 Å². The van der Waals surface area contributed by atoms with E-state index in [1.807, 2.05) is 59.3 Å². The number of rotatable bonds is 2. The Labute approximate surface area is 180 Å². The van der Waals surface area contributed by atoms with Crippen molar-refractivity contribution in [2.45, 2.75) is 0 Å². The maximum absolute atomic E-state index is 13.2. The van der Waals surface area contributed by atoms with E-state index in [9.17, 15) is 9.59 Å². The molecule has 0 N–H and O–H groups in total. The number of aromatic nitrogens is 3. The zero-order chi connectivity index (χ0) is 21.0. The van der Waals surface area contributed by atoms with Gasteiger partial charge in [0.2, 0.25) is 0 Å². The van der Waals surface area contributed by atoms with Crippen molar-refractivity contribution in [3.05, 3.63) is 98.2 Å².